The molecule has 0 N–H and O–H groups in total. The van der Waals surface area contributed by atoms with E-state index in [-0.39, 0.29) is 24.5 Å². The second kappa shape index (κ2) is 13.0. The number of hydrogen-bond acceptors (Lipinski definition) is 8. The van der Waals surface area contributed by atoms with E-state index in [9.17, 15) is 4.79 Å². The molecule has 2 atom stereocenters. The van der Waals surface area contributed by atoms with Crippen molar-refractivity contribution in [3.63, 3.8) is 0 Å². The first-order chi connectivity index (χ1) is 20.4. The van der Waals surface area contributed by atoms with Gasteiger partial charge in [-0.3, -0.25) is 9.56 Å². The molecule has 2 aliphatic rings. The molecule has 11 heteroatoms. The Morgan fingerprint density at radius 2 is 1.86 bits per heavy atom. The molecule has 3 heterocycles. The Kier molecular flexibility index (Phi) is 9.53. The van der Waals surface area contributed by atoms with Gasteiger partial charge < -0.3 is 18.6 Å². The molecule has 3 aromatic rings. The van der Waals surface area contributed by atoms with Gasteiger partial charge in [-0.2, -0.15) is 0 Å². The number of esters is 1. The Balaban J connectivity index is 1.48. The van der Waals surface area contributed by atoms with Crippen LogP contribution >= 0.6 is 11.6 Å². The average Bonchev–Trinajstić information content (AvgIpc) is 3.29. The minimum absolute atomic E-state index is 0.0384. The highest BCUT2D eigenvalue weighted by molar-refractivity contribution is 6.74. The van der Waals surface area contributed by atoms with Gasteiger partial charge in [0, 0.05) is 22.8 Å². The van der Waals surface area contributed by atoms with Crippen LogP contribution in [0.25, 0.3) is 5.69 Å². The Bertz CT molecular complexity index is 1480. The molecule has 2 aromatic carbocycles. The smallest absolute Gasteiger partial charge is 0.338 e. The molecule has 9 nitrogen and oxygen atoms in total. The Labute approximate surface area is 259 Å². The number of fused-ring (bicyclic) bond motifs is 3. The van der Waals surface area contributed by atoms with Crippen LogP contribution in [0.2, 0.25) is 23.2 Å². The summed E-state index contributed by atoms with van der Waals surface area (Å²) in [5.74, 6) is 0.978. The third-order valence-electron chi connectivity index (χ3n) is 8.45. The standard InChI is InChI=1S/C32H41ClN4O5Si/c1-21-35-36-30-26(20-42-43(5,6)32(2,3)4)34-29(22-10-13-24(33)14-11-22)25-19-23(12-15-27(25)37(21)30)31(38)41-18-17-40-28-9-7-8-16-39-28/h10-15,19,26,28H,7-9,16-18,20H2,1-6H3/t26-,28?/m0/s1. The first kappa shape index (κ1) is 31.5. The van der Waals surface area contributed by atoms with Crippen molar-refractivity contribution in [1.82, 2.24) is 14.8 Å². The van der Waals surface area contributed by atoms with Crippen molar-refractivity contribution in [2.45, 2.75) is 77.4 Å². The zero-order valence-electron chi connectivity index (χ0n) is 25.9. The summed E-state index contributed by atoms with van der Waals surface area (Å²) in [4.78, 5) is 18.4. The fraction of sp³-hybridized carbons (Fsp3) is 0.500. The van der Waals surface area contributed by atoms with E-state index in [0.717, 1.165) is 41.9 Å². The number of halogens is 1. The van der Waals surface area contributed by atoms with Crippen LogP contribution in [0.15, 0.2) is 47.5 Å². The number of benzene rings is 2. The highest BCUT2D eigenvalue weighted by Crippen LogP contribution is 2.38. The predicted molar refractivity (Wildman–Crippen MR) is 169 cm³/mol. The van der Waals surface area contributed by atoms with Crippen molar-refractivity contribution >= 4 is 31.6 Å². The highest BCUT2D eigenvalue weighted by Gasteiger charge is 2.39. The number of rotatable bonds is 9. The molecule has 230 valence electrons. The van der Waals surface area contributed by atoms with Gasteiger partial charge in [0.2, 0.25) is 0 Å². The quantitative estimate of drug-likeness (QED) is 0.146. The Morgan fingerprint density at radius 3 is 2.56 bits per heavy atom. The lowest BCUT2D eigenvalue weighted by Gasteiger charge is -2.36. The van der Waals surface area contributed by atoms with Crippen LogP contribution in [0.4, 0.5) is 0 Å². The minimum Gasteiger partial charge on any atom is -0.460 e. The largest absolute Gasteiger partial charge is 0.460 e. The fourth-order valence-corrected chi connectivity index (χ4v) is 6.05. The van der Waals surface area contributed by atoms with Gasteiger partial charge in [0.15, 0.2) is 20.4 Å². The van der Waals surface area contributed by atoms with Gasteiger partial charge >= 0.3 is 5.97 Å². The van der Waals surface area contributed by atoms with Crippen LogP contribution < -0.4 is 0 Å². The monoisotopic (exact) mass is 624 g/mol. The average molecular weight is 625 g/mol. The van der Waals surface area contributed by atoms with Gasteiger partial charge in [-0.15, -0.1) is 10.2 Å². The van der Waals surface area contributed by atoms with Gasteiger partial charge in [0.1, 0.15) is 18.5 Å². The lowest BCUT2D eigenvalue weighted by atomic mass is 9.98. The summed E-state index contributed by atoms with van der Waals surface area (Å²) in [7, 11) is -2.08. The van der Waals surface area contributed by atoms with E-state index in [4.69, 9.17) is 35.2 Å². The van der Waals surface area contributed by atoms with Crippen molar-refractivity contribution in [3.05, 3.63) is 75.8 Å². The number of carbonyl (C=O) groups excluding carboxylic acids is 1. The molecule has 0 amide bonds. The van der Waals surface area contributed by atoms with Crippen LogP contribution in [0.1, 0.15) is 79.2 Å². The molecule has 1 aromatic heterocycles. The number of aryl methyl sites for hydroxylation is 1. The Morgan fingerprint density at radius 1 is 1.09 bits per heavy atom. The maximum Gasteiger partial charge on any atom is 0.338 e. The third-order valence-corrected chi connectivity index (χ3v) is 13.2. The zero-order valence-corrected chi connectivity index (χ0v) is 27.6. The van der Waals surface area contributed by atoms with Crippen LogP contribution in [-0.2, 0) is 18.6 Å². The van der Waals surface area contributed by atoms with E-state index < -0.39 is 20.3 Å². The molecule has 0 spiro atoms. The summed E-state index contributed by atoms with van der Waals surface area (Å²) < 4.78 is 25.6. The summed E-state index contributed by atoms with van der Waals surface area (Å²) in [6, 6.07) is 12.6. The molecule has 0 aliphatic carbocycles. The number of carbonyl (C=O) groups is 1. The number of aromatic nitrogens is 3. The molecule has 0 radical (unpaired) electrons. The molecule has 1 fully saturated rings. The first-order valence-corrected chi connectivity index (χ1v) is 18.2. The molecule has 5 rings (SSSR count). The topological polar surface area (TPSA) is 97.1 Å². The number of nitrogens with zero attached hydrogens (tertiary/aromatic N) is 4. The molecular weight excluding hydrogens is 584 g/mol. The van der Waals surface area contributed by atoms with Crippen molar-refractivity contribution in [2.75, 3.05) is 26.4 Å². The van der Waals surface area contributed by atoms with Crippen LogP contribution in [-0.4, -0.2) is 67.5 Å². The van der Waals surface area contributed by atoms with E-state index >= 15 is 0 Å². The number of aliphatic imine (C=N–C) groups is 1. The van der Waals surface area contributed by atoms with Crippen LogP contribution in [0.3, 0.4) is 0 Å². The maximum absolute atomic E-state index is 13.2. The van der Waals surface area contributed by atoms with Crippen molar-refractivity contribution in [2.24, 2.45) is 4.99 Å². The second-order valence-corrected chi connectivity index (χ2v) is 17.8. The second-order valence-electron chi connectivity index (χ2n) is 12.5. The van der Waals surface area contributed by atoms with Gasteiger partial charge in [0.05, 0.1) is 30.2 Å². The molecule has 1 unspecified atom stereocenters. The van der Waals surface area contributed by atoms with Crippen molar-refractivity contribution < 1.29 is 23.4 Å². The molecule has 1 saturated heterocycles. The molecule has 0 saturated carbocycles. The van der Waals surface area contributed by atoms with E-state index in [2.05, 4.69) is 44.1 Å². The van der Waals surface area contributed by atoms with Gasteiger partial charge in [-0.05, 0) is 74.7 Å². The molecule has 0 bridgehead atoms. The molecular formula is C32H41ClN4O5Si. The SMILES string of the molecule is Cc1nnc2n1-c1ccc(C(=O)OCCOC3CCCCO3)cc1C(c1ccc(Cl)cc1)=N[C@H]2CO[Si](C)(C)C(C)(C)C. The van der Waals surface area contributed by atoms with E-state index in [1.807, 2.05) is 47.9 Å². The summed E-state index contributed by atoms with van der Waals surface area (Å²) in [5.41, 5.74) is 3.59. The lowest BCUT2D eigenvalue weighted by Crippen LogP contribution is -2.41. The molecule has 43 heavy (non-hydrogen) atoms. The summed E-state index contributed by atoms with van der Waals surface area (Å²) in [6.07, 6.45) is 2.76. The van der Waals surface area contributed by atoms with E-state index in [1.165, 1.54) is 0 Å². The number of hydrogen-bond donors (Lipinski definition) is 0. The summed E-state index contributed by atoms with van der Waals surface area (Å²) in [5, 5.41) is 9.62. The van der Waals surface area contributed by atoms with Crippen molar-refractivity contribution in [3.8, 4) is 5.69 Å². The lowest BCUT2D eigenvalue weighted by molar-refractivity contribution is -0.166. The van der Waals surface area contributed by atoms with Crippen molar-refractivity contribution in [1.29, 1.82) is 0 Å². The summed E-state index contributed by atoms with van der Waals surface area (Å²) >= 11 is 6.25. The van der Waals surface area contributed by atoms with Gasteiger partial charge in [-0.1, -0.05) is 44.5 Å². The third kappa shape index (κ3) is 7.10. The normalized spacial score (nSPS) is 18.8. The van der Waals surface area contributed by atoms with Gasteiger partial charge in [0.25, 0.3) is 0 Å². The fourth-order valence-electron chi connectivity index (χ4n) is 4.92. The maximum atomic E-state index is 13.2. The highest BCUT2D eigenvalue weighted by atomic mass is 35.5. The number of ether oxygens (including phenoxy) is 3. The minimum atomic E-state index is -2.08. The van der Waals surface area contributed by atoms with E-state index in [1.54, 1.807) is 6.07 Å². The Hall–Kier alpha value is -2.89. The predicted octanol–water partition coefficient (Wildman–Crippen LogP) is 6.84. The van der Waals surface area contributed by atoms with Crippen LogP contribution in [0, 0.1) is 6.92 Å². The van der Waals surface area contributed by atoms with Crippen LogP contribution in [0.5, 0.6) is 0 Å². The summed E-state index contributed by atoms with van der Waals surface area (Å²) in [6.45, 7) is 14.5. The molecule has 2 aliphatic heterocycles. The van der Waals surface area contributed by atoms with Gasteiger partial charge in [-0.25, -0.2) is 4.79 Å². The van der Waals surface area contributed by atoms with E-state index in [0.29, 0.717) is 35.3 Å². The first-order valence-electron chi connectivity index (χ1n) is 14.9. The zero-order chi connectivity index (χ0) is 30.8.